The standard InChI is InChI=1S/C17H22O2/c1-2-19-17(18)15-11-6-4-3-5-8-12-16-13-9-7-10-14-16/h3,5,7,9-11,13-15H,2,4,6,8,12H2,1H3/b5-3-,15-11-. The van der Waals surface area contributed by atoms with Crippen LogP contribution in [0.2, 0.25) is 0 Å². The normalized spacial score (nSPS) is 11.2. The monoisotopic (exact) mass is 258 g/mol. The van der Waals surface area contributed by atoms with Crippen LogP contribution in [0.4, 0.5) is 0 Å². The zero-order chi connectivity index (χ0) is 13.8. The number of benzene rings is 1. The van der Waals surface area contributed by atoms with E-state index in [1.165, 1.54) is 11.6 Å². The van der Waals surface area contributed by atoms with Gasteiger partial charge in [-0.3, -0.25) is 0 Å². The largest absolute Gasteiger partial charge is 0.463 e. The number of hydrogen-bond donors (Lipinski definition) is 0. The molecule has 102 valence electrons. The van der Waals surface area contributed by atoms with E-state index in [0.29, 0.717) is 6.61 Å². The summed E-state index contributed by atoms with van der Waals surface area (Å²) in [6.45, 7) is 2.24. The highest BCUT2D eigenvalue weighted by Gasteiger charge is 1.91. The van der Waals surface area contributed by atoms with Crippen molar-refractivity contribution in [3.63, 3.8) is 0 Å². The molecule has 0 unspecified atom stereocenters. The van der Waals surface area contributed by atoms with E-state index in [1.54, 1.807) is 6.92 Å². The van der Waals surface area contributed by atoms with E-state index in [-0.39, 0.29) is 5.97 Å². The summed E-state index contributed by atoms with van der Waals surface area (Å²) < 4.78 is 4.79. The van der Waals surface area contributed by atoms with Gasteiger partial charge in [-0.1, -0.05) is 48.6 Å². The molecule has 19 heavy (non-hydrogen) atoms. The van der Waals surface area contributed by atoms with Gasteiger partial charge in [-0.2, -0.15) is 0 Å². The Bertz CT molecular complexity index is 405. The van der Waals surface area contributed by atoms with Crippen molar-refractivity contribution in [3.05, 3.63) is 60.2 Å². The average molecular weight is 258 g/mol. The highest BCUT2D eigenvalue weighted by Crippen LogP contribution is 2.03. The van der Waals surface area contributed by atoms with Gasteiger partial charge in [0, 0.05) is 6.08 Å². The van der Waals surface area contributed by atoms with E-state index in [9.17, 15) is 4.79 Å². The maximum Gasteiger partial charge on any atom is 0.330 e. The van der Waals surface area contributed by atoms with E-state index in [0.717, 1.165) is 25.7 Å². The first-order valence-corrected chi connectivity index (χ1v) is 6.85. The van der Waals surface area contributed by atoms with E-state index < -0.39 is 0 Å². The quantitative estimate of drug-likeness (QED) is 0.304. The van der Waals surface area contributed by atoms with Crippen molar-refractivity contribution in [2.45, 2.75) is 32.6 Å². The number of unbranched alkanes of at least 4 members (excludes halogenated alkanes) is 1. The molecule has 0 aliphatic heterocycles. The lowest BCUT2D eigenvalue weighted by molar-refractivity contribution is -0.137. The second-order valence-electron chi connectivity index (χ2n) is 4.23. The molecule has 0 N–H and O–H groups in total. The molecule has 0 aliphatic carbocycles. The van der Waals surface area contributed by atoms with Gasteiger partial charge >= 0.3 is 5.97 Å². The summed E-state index contributed by atoms with van der Waals surface area (Å²) >= 11 is 0. The van der Waals surface area contributed by atoms with E-state index in [2.05, 4.69) is 36.4 Å². The van der Waals surface area contributed by atoms with Crippen molar-refractivity contribution < 1.29 is 9.53 Å². The molecular formula is C17H22O2. The van der Waals surface area contributed by atoms with Crippen molar-refractivity contribution in [1.82, 2.24) is 0 Å². The fourth-order valence-electron chi connectivity index (χ4n) is 1.69. The van der Waals surface area contributed by atoms with Crippen molar-refractivity contribution >= 4 is 5.97 Å². The van der Waals surface area contributed by atoms with Crippen molar-refractivity contribution in [1.29, 1.82) is 0 Å². The van der Waals surface area contributed by atoms with E-state index in [4.69, 9.17) is 4.74 Å². The van der Waals surface area contributed by atoms with Gasteiger partial charge in [-0.05, 0) is 38.2 Å². The molecule has 0 aliphatic rings. The van der Waals surface area contributed by atoms with Gasteiger partial charge in [-0.25, -0.2) is 4.79 Å². The number of esters is 1. The minimum absolute atomic E-state index is 0.254. The van der Waals surface area contributed by atoms with Crippen LogP contribution in [0.1, 0.15) is 31.7 Å². The zero-order valence-electron chi connectivity index (χ0n) is 11.5. The predicted octanol–water partition coefficient (Wildman–Crippen LogP) is 4.07. The molecule has 0 bridgehead atoms. The molecule has 0 saturated carbocycles. The van der Waals surface area contributed by atoms with Gasteiger partial charge in [0.15, 0.2) is 0 Å². The number of rotatable bonds is 8. The summed E-state index contributed by atoms with van der Waals surface area (Å²) in [6, 6.07) is 10.5. The number of carbonyl (C=O) groups is 1. The van der Waals surface area contributed by atoms with Gasteiger partial charge in [0.1, 0.15) is 0 Å². The molecule has 0 heterocycles. The lowest BCUT2D eigenvalue weighted by atomic mass is 10.1. The number of hydrogen-bond acceptors (Lipinski definition) is 2. The van der Waals surface area contributed by atoms with Crippen molar-refractivity contribution in [2.75, 3.05) is 6.61 Å². The van der Waals surface area contributed by atoms with Crippen LogP contribution in [0.5, 0.6) is 0 Å². The second kappa shape index (κ2) is 10.1. The summed E-state index contributed by atoms with van der Waals surface area (Å²) in [5.41, 5.74) is 1.37. The average Bonchev–Trinajstić information content (AvgIpc) is 2.43. The van der Waals surface area contributed by atoms with E-state index in [1.807, 2.05) is 12.1 Å². The summed E-state index contributed by atoms with van der Waals surface area (Å²) in [6.07, 6.45) is 11.7. The first-order valence-electron chi connectivity index (χ1n) is 6.85. The van der Waals surface area contributed by atoms with Crippen molar-refractivity contribution in [2.24, 2.45) is 0 Å². The Balaban J connectivity index is 2.06. The maximum absolute atomic E-state index is 11.0. The molecule has 2 heteroatoms. The van der Waals surface area contributed by atoms with Crippen LogP contribution in [-0.2, 0) is 16.0 Å². The van der Waals surface area contributed by atoms with E-state index >= 15 is 0 Å². The summed E-state index contributed by atoms with van der Waals surface area (Å²) in [7, 11) is 0. The van der Waals surface area contributed by atoms with Crippen LogP contribution in [0.3, 0.4) is 0 Å². The van der Waals surface area contributed by atoms with Gasteiger partial charge in [-0.15, -0.1) is 0 Å². The Morgan fingerprint density at radius 1 is 1.05 bits per heavy atom. The van der Waals surface area contributed by atoms with Gasteiger partial charge in [0.25, 0.3) is 0 Å². The van der Waals surface area contributed by atoms with Gasteiger partial charge < -0.3 is 4.74 Å². The minimum atomic E-state index is -0.254. The van der Waals surface area contributed by atoms with Crippen LogP contribution in [0.15, 0.2) is 54.6 Å². The molecule has 0 atom stereocenters. The first-order chi connectivity index (χ1) is 9.33. The fourth-order valence-corrected chi connectivity index (χ4v) is 1.69. The Hall–Kier alpha value is -1.83. The van der Waals surface area contributed by atoms with Gasteiger partial charge in [0.05, 0.1) is 6.61 Å². The third-order valence-corrected chi connectivity index (χ3v) is 2.65. The lowest BCUT2D eigenvalue weighted by Crippen LogP contribution is -1.98. The molecule has 0 amide bonds. The zero-order valence-corrected chi connectivity index (χ0v) is 11.5. The molecule has 0 radical (unpaired) electrons. The summed E-state index contributed by atoms with van der Waals surface area (Å²) in [5.74, 6) is -0.254. The highest BCUT2D eigenvalue weighted by atomic mass is 16.5. The number of allylic oxidation sites excluding steroid dienone is 3. The summed E-state index contributed by atoms with van der Waals surface area (Å²) in [4.78, 5) is 11.0. The minimum Gasteiger partial charge on any atom is -0.463 e. The third-order valence-electron chi connectivity index (χ3n) is 2.65. The number of ether oxygens (including phenoxy) is 1. The Morgan fingerprint density at radius 2 is 1.74 bits per heavy atom. The molecule has 0 spiro atoms. The lowest BCUT2D eigenvalue weighted by Gasteiger charge is -1.96. The summed E-state index contributed by atoms with van der Waals surface area (Å²) in [5, 5.41) is 0. The number of carbonyl (C=O) groups excluding carboxylic acids is 1. The molecule has 1 rings (SSSR count). The van der Waals surface area contributed by atoms with Gasteiger partial charge in [0.2, 0.25) is 0 Å². The van der Waals surface area contributed by atoms with Crippen molar-refractivity contribution in [3.8, 4) is 0 Å². The molecule has 0 aromatic heterocycles. The Morgan fingerprint density at radius 3 is 2.47 bits per heavy atom. The Labute approximate surface area is 115 Å². The molecule has 2 nitrogen and oxygen atoms in total. The molecule has 0 saturated heterocycles. The maximum atomic E-state index is 11.0. The second-order valence-corrected chi connectivity index (χ2v) is 4.23. The first kappa shape index (κ1) is 15.2. The smallest absolute Gasteiger partial charge is 0.330 e. The molecular weight excluding hydrogens is 236 g/mol. The van der Waals surface area contributed by atoms with Crippen LogP contribution >= 0.6 is 0 Å². The third kappa shape index (κ3) is 7.98. The molecule has 0 fully saturated rings. The Kier molecular flexibility index (Phi) is 8.12. The van der Waals surface area contributed by atoms with Crippen LogP contribution in [-0.4, -0.2) is 12.6 Å². The van der Waals surface area contributed by atoms with Crippen LogP contribution in [0.25, 0.3) is 0 Å². The van der Waals surface area contributed by atoms with Crippen LogP contribution in [0, 0.1) is 0 Å². The molecule has 1 aromatic carbocycles. The predicted molar refractivity (Wildman–Crippen MR) is 78.9 cm³/mol. The highest BCUT2D eigenvalue weighted by molar-refractivity contribution is 5.81. The SMILES string of the molecule is CCOC(=O)/C=C\CC/C=C\CCc1ccccc1. The fraction of sp³-hybridized carbons (Fsp3) is 0.353. The number of aryl methyl sites for hydroxylation is 1. The van der Waals surface area contributed by atoms with Crippen LogP contribution < -0.4 is 0 Å². The molecule has 1 aromatic rings. The topological polar surface area (TPSA) is 26.3 Å².